The largest absolute Gasteiger partial charge is 0.481 e. The molecule has 1 aliphatic rings. The van der Waals surface area contributed by atoms with Gasteiger partial charge in [0.1, 0.15) is 17.3 Å². The van der Waals surface area contributed by atoms with Gasteiger partial charge in [-0.2, -0.15) is 10.2 Å². The summed E-state index contributed by atoms with van der Waals surface area (Å²) >= 11 is 0. The maximum absolute atomic E-state index is 14.6. The fraction of sp³-hybridized carbons (Fsp3) is 0.286. The fourth-order valence-corrected chi connectivity index (χ4v) is 5.42. The number of aromatic nitrogens is 5. The summed E-state index contributed by atoms with van der Waals surface area (Å²) in [5.74, 6) is -0.515. The Balaban J connectivity index is 1.43. The predicted molar refractivity (Wildman–Crippen MR) is 140 cm³/mol. The first kappa shape index (κ1) is 23.1. The van der Waals surface area contributed by atoms with E-state index in [9.17, 15) is 14.3 Å². The SMILES string of the molecule is Cc1cc(F)cc2c(-c3cccc4nn(C)cc34)nn(-c3ccc(N4CCCC(C(=O)O)CC4)nc3)c12. The molecule has 0 radical (unpaired) electrons. The van der Waals surface area contributed by atoms with Crippen LogP contribution >= 0.6 is 0 Å². The van der Waals surface area contributed by atoms with Gasteiger partial charge < -0.3 is 10.0 Å². The molecule has 5 aromatic rings. The summed E-state index contributed by atoms with van der Waals surface area (Å²) in [4.78, 5) is 18.3. The lowest BCUT2D eigenvalue weighted by atomic mass is 10.0. The van der Waals surface area contributed by atoms with E-state index in [2.05, 4.69) is 10.00 Å². The second kappa shape index (κ2) is 8.99. The van der Waals surface area contributed by atoms with Crippen molar-refractivity contribution in [1.82, 2.24) is 24.5 Å². The first-order valence-electron chi connectivity index (χ1n) is 12.4. The normalized spacial score (nSPS) is 16.4. The average molecular weight is 499 g/mol. The fourth-order valence-electron chi connectivity index (χ4n) is 5.42. The highest BCUT2D eigenvalue weighted by atomic mass is 19.1. The molecular weight excluding hydrogens is 471 g/mol. The highest BCUT2D eigenvalue weighted by Gasteiger charge is 2.23. The Hall–Kier alpha value is -4.27. The Labute approximate surface area is 213 Å². The van der Waals surface area contributed by atoms with Gasteiger partial charge in [-0.05, 0) is 62.1 Å². The molecule has 0 bridgehead atoms. The van der Waals surface area contributed by atoms with Gasteiger partial charge in [0.25, 0.3) is 0 Å². The van der Waals surface area contributed by atoms with Gasteiger partial charge in [-0.1, -0.05) is 12.1 Å². The summed E-state index contributed by atoms with van der Waals surface area (Å²) in [7, 11) is 1.88. The summed E-state index contributed by atoms with van der Waals surface area (Å²) < 4.78 is 18.2. The molecule has 1 aliphatic heterocycles. The third-order valence-corrected chi connectivity index (χ3v) is 7.23. The van der Waals surface area contributed by atoms with Crippen LogP contribution < -0.4 is 4.90 Å². The molecule has 0 amide bonds. The van der Waals surface area contributed by atoms with Gasteiger partial charge in [-0.3, -0.25) is 9.48 Å². The van der Waals surface area contributed by atoms with Crippen molar-refractivity contribution in [1.29, 1.82) is 0 Å². The van der Waals surface area contributed by atoms with Crippen LogP contribution in [0.2, 0.25) is 0 Å². The van der Waals surface area contributed by atoms with E-state index in [4.69, 9.17) is 10.1 Å². The van der Waals surface area contributed by atoms with E-state index >= 15 is 0 Å². The van der Waals surface area contributed by atoms with Crippen LogP contribution in [0.4, 0.5) is 10.2 Å². The van der Waals surface area contributed by atoms with E-state index in [0.29, 0.717) is 25.1 Å². The van der Waals surface area contributed by atoms with Gasteiger partial charge >= 0.3 is 5.97 Å². The predicted octanol–water partition coefficient (Wildman–Crippen LogP) is 5.11. The zero-order chi connectivity index (χ0) is 25.7. The number of rotatable bonds is 4. The van der Waals surface area contributed by atoms with E-state index in [1.807, 2.05) is 55.2 Å². The van der Waals surface area contributed by atoms with Crippen molar-refractivity contribution in [3.05, 3.63) is 66.2 Å². The van der Waals surface area contributed by atoms with Gasteiger partial charge in [0, 0.05) is 42.7 Å². The molecule has 1 N–H and O–H groups in total. The molecule has 0 spiro atoms. The number of carboxylic acids is 1. The first-order valence-corrected chi connectivity index (χ1v) is 12.4. The number of carboxylic acid groups (broad SMARTS) is 1. The Morgan fingerprint density at radius 3 is 2.73 bits per heavy atom. The maximum atomic E-state index is 14.6. The summed E-state index contributed by atoms with van der Waals surface area (Å²) in [6, 6.07) is 12.8. The number of halogens is 1. The monoisotopic (exact) mass is 498 g/mol. The van der Waals surface area contributed by atoms with Crippen LogP contribution in [-0.2, 0) is 11.8 Å². The lowest BCUT2D eigenvalue weighted by Gasteiger charge is -2.21. The number of hydrogen-bond acceptors (Lipinski definition) is 5. The lowest BCUT2D eigenvalue weighted by Crippen LogP contribution is -2.25. The quantitative estimate of drug-likeness (QED) is 0.370. The number of hydrogen-bond donors (Lipinski definition) is 1. The van der Waals surface area contributed by atoms with E-state index in [-0.39, 0.29) is 11.7 Å². The van der Waals surface area contributed by atoms with Crippen LogP contribution in [0.3, 0.4) is 0 Å². The van der Waals surface area contributed by atoms with Crippen molar-refractivity contribution < 1.29 is 14.3 Å². The topological polar surface area (TPSA) is 89.1 Å². The molecule has 1 fully saturated rings. The van der Waals surface area contributed by atoms with E-state index in [1.54, 1.807) is 10.9 Å². The lowest BCUT2D eigenvalue weighted by molar-refractivity contribution is -0.142. The number of aliphatic carboxylic acids is 1. The van der Waals surface area contributed by atoms with Crippen LogP contribution in [0.5, 0.6) is 0 Å². The minimum Gasteiger partial charge on any atom is -0.481 e. The van der Waals surface area contributed by atoms with Crippen LogP contribution in [-0.4, -0.2) is 48.7 Å². The zero-order valence-corrected chi connectivity index (χ0v) is 20.7. The molecule has 1 saturated heterocycles. The van der Waals surface area contributed by atoms with Gasteiger partial charge in [0.05, 0.1) is 28.8 Å². The Bertz CT molecular complexity index is 1640. The summed E-state index contributed by atoms with van der Waals surface area (Å²) in [5, 5.41) is 20.5. The van der Waals surface area contributed by atoms with Gasteiger partial charge in [-0.25, -0.2) is 14.1 Å². The molecule has 0 saturated carbocycles. The van der Waals surface area contributed by atoms with Crippen molar-refractivity contribution in [2.75, 3.05) is 18.0 Å². The number of pyridine rings is 1. The van der Waals surface area contributed by atoms with Crippen molar-refractivity contribution in [2.24, 2.45) is 13.0 Å². The van der Waals surface area contributed by atoms with E-state index < -0.39 is 5.97 Å². The number of aryl methyl sites for hydroxylation is 2. The second-order valence-electron chi connectivity index (χ2n) is 9.75. The molecule has 9 heteroatoms. The smallest absolute Gasteiger partial charge is 0.306 e. The summed E-state index contributed by atoms with van der Waals surface area (Å²) in [6.07, 6.45) is 5.84. The third-order valence-electron chi connectivity index (χ3n) is 7.23. The molecule has 188 valence electrons. The molecule has 3 aromatic heterocycles. The highest BCUT2D eigenvalue weighted by Crippen LogP contribution is 2.36. The number of fused-ring (bicyclic) bond motifs is 2. The molecule has 4 heterocycles. The first-order chi connectivity index (χ1) is 17.9. The summed E-state index contributed by atoms with van der Waals surface area (Å²) in [5.41, 5.74) is 4.80. The highest BCUT2D eigenvalue weighted by molar-refractivity contribution is 6.03. The van der Waals surface area contributed by atoms with Crippen LogP contribution in [0, 0.1) is 18.7 Å². The van der Waals surface area contributed by atoms with Gasteiger partial charge in [0.2, 0.25) is 0 Å². The summed E-state index contributed by atoms with van der Waals surface area (Å²) in [6.45, 7) is 3.32. The van der Waals surface area contributed by atoms with E-state index in [0.717, 1.165) is 57.4 Å². The molecular formula is C28H27FN6O2. The van der Waals surface area contributed by atoms with Crippen LogP contribution in [0.1, 0.15) is 24.8 Å². The number of anilines is 1. The third kappa shape index (κ3) is 4.10. The molecule has 2 aromatic carbocycles. The molecule has 0 aliphatic carbocycles. The van der Waals surface area contributed by atoms with Crippen molar-refractivity contribution in [3.63, 3.8) is 0 Å². The van der Waals surface area contributed by atoms with Crippen molar-refractivity contribution in [2.45, 2.75) is 26.2 Å². The number of benzene rings is 2. The molecule has 8 nitrogen and oxygen atoms in total. The van der Waals surface area contributed by atoms with Crippen molar-refractivity contribution in [3.8, 4) is 16.9 Å². The second-order valence-corrected chi connectivity index (χ2v) is 9.75. The van der Waals surface area contributed by atoms with Gasteiger partial charge in [-0.15, -0.1) is 0 Å². The molecule has 37 heavy (non-hydrogen) atoms. The maximum Gasteiger partial charge on any atom is 0.306 e. The van der Waals surface area contributed by atoms with E-state index in [1.165, 1.54) is 12.1 Å². The number of nitrogens with zero attached hydrogens (tertiary/aromatic N) is 6. The Morgan fingerprint density at radius 1 is 1.08 bits per heavy atom. The minimum absolute atomic E-state index is 0.300. The van der Waals surface area contributed by atoms with Crippen molar-refractivity contribution >= 4 is 33.6 Å². The van der Waals surface area contributed by atoms with Crippen LogP contribution in [0.25, 0.3) is 38.8 Å². The number of carbonyl (C=O) groups is 1. The zero-order valence-electron chi connectivity index (χ0n) is 20.7. The van der Waals surface area contributed by atoms with Crippen LogP contribution in [0.15, 0.2) is 54.9 Å². The molecule has 6 rings (SSSR count). The standard InChI is InChI=1S/C28H27FN6O2/c1-17-13-19(29)14-22-26(21-6-3-7-24-23(21)16-33(2)31-24)32-35(27(17)22)20-8-9-25(30-15-20)34-11-4-5-18(10-12-34)28(36)37/h3,6-9,13-16,18H,4-5,10-12H2,1-2H3,(H,36,37). The Morgan fingerprint density at radius 2 is 1.95 bits per heavy atom. The van der Waals surface area contributed by atoms with Gasteiger partial charge in [0.15, 0.2) is 0 Å². The molecule has 1 atom stereocenters. The molecule has 1 unspecified atom stereocenters. The average Bonchev–Trinajstić information content (AvgIpc) is 3.34. The minimum atomic E-state index is -0.722. The Kier molecular flexibility index (Phi) is 5.62.